The number of ether oxygens (including phenoxy) is 2. The fourth-order valence-corrected chi connectivity index (χ4v) is 5.28. The number of urea groups is 1. The lowest BCUT2D eigenvalue weighted by atomic mass is 9.88. The largest absolute Gasteiger partial charge is 0.497 e. The van der Waals surface area contributed by atoms with Crippen LogP contribution in [0.4, 0.5) is 10.6 Å². The second-order valence-electron chi connectivity index (χ2n) is 9.30. The van der Waals surface area contributed by atoms with Gasteiger partial charge in [0.05, 0.1) is 37.6 Å². The standard InChI is InChI=1S/C25H24N6O5/c1-35-15-4-2-14-11-31(22(32)16(14)8-15)12-25(23(33)29-24(34)30-25)20-9-18-19(36-20)6-5-17(28-18)13-3-7-21(26)27-10-13/h2-8,10,18-20H,9,11-12H2,1H3,(H2,26,27)(H2,29,30,33,34)/t18?,19?,20?,25-/m0/s1. The first kappa shape index (κ1) is 22.2. The van der Waals surface area contributed by atoms with Crippen molar-refractivity contribution in [1.82, 2.24) is 20.5 Å². The molecular formula is C25H24N6O5. The molecule has 3 unspecified atom stereocenters. The molecule has 2 aromatic rings. The van der Waals surface area contributed by atoms with Gasteiger partial charge in [0.25, 0.3) is 11.8 Å². The normalized spacial score (nSPS) is 28.5. The van der Waals surface area contributed by atoms with Crippen LogP contribution in [0.25, 0.3) is 0 Å². The van der Waals surface area contributed by atoms with Crippen LogP contribution in [0.15, 0.2) is 53.7 Å². The van der Waals surface area contributed by atoms with Crippen molar-refractivity contribution in [2.45, 2.75) is 36.8 Å². The monoisotopic (exact) mass is 488 g/mol. The van der Waals surface area contributed by atoms with E-state index in [4.69, 9.17) is 20.2 Å². The van der Waals surface area contributed by atoms with Gasteiger partial charge in [-0.15, -0.1) is 0 Å². The van der Waals surface area contributed by atoms with Crippen molar-refractivity contribution >= 4 is 29.4 Å². The molecule has 1 aromatic carbocycles. The third-order valence-corrected chi connectivity index (χ3v) is 7.14. The summed E-state index contributed by atoms with van der Waals surface area (Å²) in [5.74, 6) is 0.242. The zero-order valence-corrected chi connectivity index (χ0v) is 19.4. The summed E-state index contributed by atoms with van der Waals surface area (Å²) in [6.45, 7) is 0.279. The SMILES string of the molecule is COc1ccc2c(c1)C(=O)N(C[C@@]1(C3CC4N=C(c5ccc(N)nc5)C=CC4O3)NC(=O)NC1=O)C2. The molecule has 2 saturated heterocycles. The van der Waals surface area contributed by atoms with E-state index in [1.54, 1.807) is 29.3 Å². The Morgan fingerprint density at radius 1 is 1.25 bits per heavy atom. The molecule has 0 spiro atoms. The number of hydrogen-bond acceptors (Lipinski definition) is 8. The molecule has 4 aliphatic rings. The van der Waals surface area contributed by atoms with E-state index in [0.717, 1.165) is 16.8 Å². The second-order valence-corrected chi connectivity index (χ2v) is 9.30. The molecule has 4 N–H and O–H groups in total. The molecule has 0 radical (unpaired) electrons. The molecule has 4 amide bonds. The molecule has 2 fully saturated rings. The van der Waals surface area contributed by atoms with E-state index in [2.05, 4.69) is 15.6 Å². The molecule has 5 heterocycles. The number of allylic oxidation sites excluding steroid dienone is 1. The Morgan fingerprint density at radius 2 is 2.11 bits per heavy atom. The van der Waals surface area contributed by atoms with Gasteiger partial charge in [-0.05, 0) is 35.9 Å². The van der Waals surface area contributed by atoms with Crippen molar-refractivity contribution in [1.29, 1.82) is 0 Å². The number of methoxy groups -OCH3 is 1. The van der Waals surface area contributed by atoms with Gasteiger partial charge in [-0.1, -0.05) is 12.1 Å². The number of fused-ring (bicyclic) bond motifs is 2. The second kappa shape index (κ2) is 8.16. The highest BCUT2D eigenvalue weighted by atomic mass is 16.5. The number of anilines is 1. The summed E-state index contributed by atoms with van der Waals surface area (Å²) in [6.07, 6.45) is 4.74. The number of amides is 4. The van der Waals surface area contributed by atoms with Crippen LogP contribution in [-0.4, -0.2) is 70.9 Å². The maximum atomic E-state index is 13.2. The zero-order chi connectivity index (χ0) is 25.0. The van der Waals surface area contributed by atoms with Gasteiger partial charge in [0.2, 0.25) is 0 Å². The van der Waals surface area contributed by atoms with E-state index in [1.807, 2.05) is 24.3 Å². The van der Waals surface area contributed by atoms with E-state index >= 15 is 0 Å². The molecular weight excluding hydrogens is 464 g/mol. The molecule has 0 aliphatic carbocycles. The number of nitrogens with zero attached hydrogens (tertiary/aromatic N) is 3. The van der Waals surface area contributed by atoms with Gasteiger partial charge in [0.1, 0.15) is 11.6 Å². The number of dihydropyridines is 1. The van der Waals surface area contributed by atoms with Crippen LogP contribution < -0.4 is 21.1 Å². The Balaban J connectivity index is 1.27. The summed E-state index contributed by atoms with van der Waals surface area (Å²) < 4.78 is 11.5. The average molecular weight is 489 g/mol. The fraction of sp³-hybridized carbons (Fsp3) is 0.320. The fourth-order valence-electron chi connectivity index (χ4n) is 5.28. The minimum absolute atomic E-state index is 0.0350. The maximum absolute atomic E-state index is 13.2. The first-order valence-electron chi connectivity index (χ1n) is 11.6. The number of aromatic nitrogens is 1. The maximum Gasteiger partial charge on any atom is 0.322 e. The van der Waals surface area contributed by atoms with Crippen LogP contribution in [-0.2, 0) is 16.1 Å². The number of nitrogens with two attached hydrogens (primary N) is 1. The first-order valence-corrected chi connectivity index (χ1v) is 11.6. The Hall–Kier alpha value is -4.25. The van der Waals surface area contributed by atoms with Crippen molar-refractivity contribution in [3.8, 4) is 5.75 Å². The van der Waals surface area contributed by atoms with E-state index in [-0.39, 0.29) is 24.6 Å². The van der Waals surface area contributed by atoms with E-state index < -0.39 is 23.6 Å². The van der Waals surface area contributed by atoms with Crippen LogP contribution in [0, 0.1) is 0 Å². The quantitative estimate of drug-likeness (QED) is 0.527. The topological polar surface area (TPSA) is 148 Å². The molecule has 0 saturated carbocycles. The number of nitrogen functional groups attached to an aromatic ring is 1. The van der Waals surface area contributed by atoms with Crippen molar-refractivity contribution in [2.24, 2.45) is 4.99 Å². The van der Waals surface area contributed by atoms with E-state index in [1.165, 1.54) is 7.11 Å². The highest BCUT2D eigenvalue weighted by Gasteiger charge is 2.58. The molecule has 0 bridgehead atoms. The summed E-state index contributed by atoms with van der Waals surface area (Å²) >= 11 is 0. The predicted molar refractivity (Wildman–Crippen MR) is 129 cm³/mol. The van der Waals surface area contributed by atoms with E-state index in [0.29, 0.717) is 30.1 Å². The molecule has 4 atom stereocenters. The number of pyridine rings is 1. The number of hydrogen-bond donors (Lipinski definition) is 3. The van der Waals surface area contributed by atoms with Crippen molar-refractivity contribution in [3.63, 3.8) is 0 Å². The number of carbonyl (C=O) groups is 3. The minimum Gasteiger partial charge on any atom is -0.497 e. The van der Waals surface area contributed by atoms with E-state index in [9.17, 15) is 14.4 Å². The third kappa shape index (κ3) is 3.51. The molecule has 184 valence electrons. The molecule has 1 aromatic heterocycles. The van der Waals surface area contributed by atoms with Crippen LogP contribution in [0.3, 0.4) is 0 Å². The predicted octanol–water partition coefficient (Wildman–Crippen LogP) is 0.792. The Kier molecular flexibility index (Phi) is 5.04. The van der Waals surface area contributed by atoms with Crippen molar-refractivity contribution in [3.05, 3.63) is 65.4 Å². The number of aliphatic imine (C=N–C) groups is 1. The summed E-state index contributed by atoms with van der Waals surface area (Å²) in [7, 11) is 1.54. The zero-order valence-electron chi connectivity index (χ0n) is 19.4. The molecule has 6 rings (SSSR count). The lowest BCUT2D eigenvalue weighted by Crippen LogP contribution is -2.62. The van der Waals surface area contributed by atoms with Crippen molar-refractivity contribution < 1.29 is 23.9 Å². The highest BCUT2D eigenvalue weighted by Crippen LogP contribution is 2.37. The molecule has 4 aliphatic heterocycles. The smallest absolute Gasteiger partial charge is 0.322 e. The highest BCUT2D eigenvalue weighted by molar-refractivity contribution is 6.10. The number of carbonyl (C=O) groups excluding carboxylic acids is 3. The van der Waals surface area contributed by atoms with Gasteiger partial charge in [-0.2, -0.15) is 0 Å². The molecule has 11 heteroatoms. The Morgan fingerprint density at radius 3 is 2.83 bits per heavy atom. The van der Waals surface area contributed by atoms with Gasteiger partial charge in [0, 0.05) is 30.3 Å². The first-order chi connectivity index (χ1) is 17.4. The lowest BCUT2D eigenvalue weighted by molar-refractivity contribution is -0.130. The van der Waals surface area contributed by atoms with Gasteiger partial charge < -0.3 is 25.4 Å². The summed E-state index contributed by atoms with van der Waals surface area (Å²) in [6, 6.07) is 7.99. The average Bonchev–Trinajstić information content (AvgIpc) is 3.53. The summed E-state index contributed by atoms with van der Waals surface area (Å²) in [4.78, 5) is 49.2. The molecule has 11 nitrogen and oxygen atoms in total. The van der Waals surface area contributed by atoms with Crippen LogP contribution in [0.2, 0.25) is 0 Å². The van der Waals surface area contributed by atoms with Crippen molar-refractivity contribution in [2.75, 3.05) is 19.4 Å². The molecule has 36 heavy (non-hydrogen) atoms. The lowest BCUT2D eigenvalue weighted by Gasteiger charge is -2.35. The van der Waals surface area contributed by atoms with Crippen LogP contribution in [0.1, 0.15) is 27.9 Å². The summed E-state index contributed by atoms with van der Waals surface area (Å²) in [5, 5.41) is 5.11. The summed E-state index contributed by atoms with van der Waals surface area (Å²) in [5.41, 5.74) is 7.15. The van der Waals surface area contributed by atoms with Gasteiger partial charge in [0.15, 0.2) is 5.54 Å². The van der Waals surface area contributed by atoms with Gasteiger partial charge in [-0.25, -0.2) is 9.78 Å². The minimum atomic E-state index is -1.44. The Labute approximate surface area is 206 Å². The Bertz CT molecular complexity index is 1340. The van der Waals surface area contributed by atoms with Crippen LogP contribution >= 0.6 is 0 Å². The van der Waals surface area contributed by atoms with Crippen LogP contribution in [0.5, 0.6) is 5.75 Å². The number of imide groups is 1. The number of benzene rings is 1. The number of rotatable bonds is 5. The van der Waals surface area contributed by atoms with Gasteiger partial charge in [-0.3, -0.25) is 19.9 Å². The number of nitrogens with one attached hydrogen (secondary N) is 2. The third-order valence-electron chi connectivity index (χ3n) is 7.14. The van der Waals surface area contributed by atoms with Gasteiger partial charge >= 0.3 is 6.03 Å².